The van der Waals surface area contributed by atoms with Gasteiger partial charge in [0.2, 0.25) is 0 Å². The van der Waals surface area contributed by atoms with Gasteiger partial charge in [0.1, 0.15) is 12.1 Å². The molecule has 0 aliphatic rings. The zero-order chi connectivity index (χ0) is 29.7. The van der Waals surface area contributed by atoms with Gasteiger partial charge in [0.05, 0.1) is 20.9 Å². The van der Waals surface area contributed by atoms with Crippen LogP contribution in [-0.2, 0) is 19.3 Å². The molecule has 0 atom stereocenters. The Morgan fingerprint density at radius 2 is 1.19 bits per heavy atom. The summed E-state index contributed by atoms with van der Waals surface area (Å²) in [5, 5.41) is 25.0. The average molecular weight is 633 g/mol. The lowest BCUT2D eigenvalue weighted by Crippen LogP contribution is -1.87. The standard InChI is InChI=1S/C36H44N2S4/c1-4-7-10-13-16-26-21-31(40-25-26)33-28(18-15-12-9-6-3)22-32(41-33)35-29(23-37)30(24-38)36(42-35)34-27(19-20-39-34)17-14-11-8-5-2/h19-22,25H,4-18H2,1-3H3. The van der Waals surface area contributed by atoms with Crippen LogP contribution in [-0.4, -0.2) is 0 Å². The number of hydrogen-bond acceptors (Lipinski definition) is 6. The van der Waals surface area contributed by atoms with E-state index in [4.69, 9.17) is 0 Å². The Labute approximate surface area is 269 Å². The largest absolute Gasteiger partial charge is 0.192 e. The topological polar surface area (TPSA) is 47.6 Å². The number of aryl methyl sites for hydroxylation is 3. The summed E-state index contributed by atoms with van der Waals surface area (Å²) in [6, 6.07) is 11.8. The summed E-state index contributed by atoms with van der Waals surface area (Å²) in [5.41, 5.74) is 5.27. The second-order valence-electron chi connectivity index (χ2n) is 11.2. The van der Waals surface area contributed by atoms with Gasteiger partial charge in [0.25, 0.3) is 0 Å². The number of nitrogens with zero attached hydrogens (tertiary/aromatic N) is 2. The predicted molar refractivity (Wildman–Crippen MR) is 187 cm³/mol. The Kier molecular flexibility index (Phi) is 13.4. The summed E-state index contributed by atoms with van der Waals surface area (Å²) >= 11 is 7.05. The maximum atomic E-state index is 10.3. The van der Waals surface area contributed by atoms with E-state index in [0.29, 0.717) is 11.1 Å². The molecule has 0 bridgehead atoms. The van der Waals surface area contributed by atoms with Crippen molar-refractivity contribution in [1.82, 2.24) is 0 Å². The van der Waals surface area contributed by atoms with Crippen LogP contribution in [0.2, 0.25) is 0 Å². The first-order valence-electron chi connectivity index (χ1n) is 15.9. The van der Waals surface area contributed by atoms with Gasteiger partial charge < -0.3 is 0 Å². The zero-order valence-corrected chi connectivity index (χ0v) is 28.8. The fourth-order valence-corrected chi connectivity index (χ4v) is 10.3. The van der Waals surface area contributed by atoms with Gasteiger partial charge in [-0.25, -0.2) is 0 Å². The van der Waals surface area contributed by atoms with Gasteiger partial charge >= 0.3 is 0 Å². The molecule has 0 fully saturated rings. The highest BCUT2D eigenvalue weighted by Crippen LogP contribution is 2.49. The molecule has 4 aromatic heterocycles. The summed E-state index contributed by atoms with van der Waals surface area (Å²) in [6.07, 6.45) is 18.2. The molecular weight excluding hydrogens is 589 g/mol. The van der Waals surface area contributed by atoms with Crippen LogP contribution in [0.5, 0.6) is 0 Å². The summed E-state index contributed by atoms with van der Waals surface area (Å²) in [7, 11) is 0. The minimum Gasteiger partial charge on any atom is -0.192 e. The van der Waals surface area contributed by atoms with Crippen molar-refractivity contribution in [2.24, 2.45) is 0 Å². The van der Waals surface area contributed by atoms with Crippen LogP contribution in [0.3, 0.4) is 0 Å². The normalized spacial score (nSPS) is 11.2. The molecule has 0 radical (unpaired) electrons. The molecule has 4 heterocycles. The van der Waals surface area contributed by atoms with Gasteiger partial charge in [0, 0.05) is 19.5 Å². The Bertz CT molecular complexity index is 1480. The molecule has 0 saturated heterocycles. The van der Waals surface area contributed by atoms with E-state index < -0.39 is 0 Å². The van der Waals surface area contributed by atoms with Gasteiger partial charge in [-0.15, -0.1) is 45.3 Å². The zero-order valence-electron chi connectivity index (χ0n) is 25.5. The van der Waals surface area contributed by atoms with Crippen LogP contribution >= 0.6 is 45.3 Å². The first-order chi connectivity index (χ1) is 20.6. The number of hydrogen-bond donors (Lipinski definition) is 0. The molecule has 4 aromatic rings. The fraction of sp³-hybridized carbons (Fsp3) is 0.500. The lowest BCUT2D eigenvalue weighted by Gasteiger charge is -2.03. The number of rotatable bonds is 18. The molecule has 4 rings (SSSR count). The highest BCUT2D eigenvalue weighted by Gasteiger charge is 2.25. The maximum absolute atomic E-state index is 10.3. The first kappa shape index (κ1) is 32.7. The molecule has 0 unspecified atom stereocenters. The van der Waals surface area contributed by atoms with Crippen molar-refractivity contribution in [3.8, 4) is 41.4 Å². The van der Waals surface area contributed by atoms with Crippen LogP contribution in [0.1, 0.15) is 126 Å². The molecule has 0 spiro atoms. The Morgan fingerprint density at radius 3 is 1.83 bits per heavy atom. The van der Waals surface area contributed by atoms with Gasteiger partial charge in [-0.3, -0.25) is 0 Å². The van der Waals surface area contributed by atoms with E-state index in [1.165, 1.54) is 108 Å². The predicted octanol–water partition coefficient (Wildman–Crippen LogP) is 13.0. The van der Waals surface area contributed by atoms with E-state index in [9.17, 15) is 10.5 Å². The third-order valence-corrected chi connectivity index (χ3v) is 12.7. The monoisotopic (exact) mass is 632 g/mol. The molecule has 2 nitrogen and oxygen atoms in total. The van der Waals surface area contributed by atoms with Crippen molar-refractivity contribution < 1.29 is 0 Å². The van der Waals surface area contributed by atoms with Gasteiger partial charge in [0.15, 0.2) is 0 Å². The second kappa shape index (κ2) is 17.2. The molecule has 42 heavy (non-hydrogen) atoms. The van der Waals surface area contributed by atoms with Crippen molar-refractivity contribution >= 4 is 45.3 Å². The highest BCUT2D eigenvalue weighted by molar-refractivity contribution is 7.28. The molecular formula is C36H44N2S4. The first-order valence-corrected chi connectivity index (χ1v) is 19.3. The van der Waals surface area contributed by atoms with Crippen molar-refractivity contribution in [1.29, 1.82) is 10.5 Å². The lowest BCUT2D eigenvalue weighted by atomic mass is 10.0. The minimum atomic E-state index is 0.552. The van der Waals surface area contributed by atoms with E-state index in [1.807, 2.05) is 22.7 Å². The summed E-state index contributed by atoms with van der Waals surface area (Å²) in [5.74, 6) is 0. The molecule has 6 heteroatoms. The molecule has 222 valence electrons. The summed E-state index contributed by atoms with van der Waals surface area (Å²) in [6.45, 7) is 6.77. The molecule has 0 amide bonds. The third kappa shape index (κ3) is 8.23. The third-order valence-electron chi connectivity index (χ3n) is 7.91. The van der Waals surface area contributed by atoms with Crippen LogP contribution in [0, 0.1) is 22.7 Å². The maximum Gasteiger partial charge on any atom is 0.102 e. The molecule has 0 N–H and O–H groups in total. The number of nitriles is 2. The average Bonchev–Trinajstić information content (AvgIpc) is 3.80. The van der Waals surface area contributed by atoms with Gasteiger partial charge in [-0.05, 0) is 84.2 Å². The van der Waals surface area contributed by atoms with E-state index in [1.54, 1.807) is 22.7 Å². The molecule has 0 aliphatic carbocycles. The minimum absolute atomic E-state index is 0.552. The summed E-state index contributed by atoms with van der Waals surface area (Å²) < 4.78 is 0. The quantitative estimate of drug-likeness (QED) is 0.102. The van der Waals surface area contributed by atoms with Crippen LogP contribution in [0.25, 0.3) is 29.3 Å². The number of thiophene rings is 4. The highest BCUT2D eigenvalue weighted by atomic mass is 32.1. The Balaban J connectivity index is 1.69. The molecule has 0 aromatic carbocycles. The smallest absolute Gasteiger partial charge is 0.102 e. The van der Waals surface area contributed by atoms with E-state index >= 15 is 0 Å². The van der Waals surface area contributed by atoms with Crippen molar-refractivity contribution in [3.05, 3.63) is 56.8 Å². The van der Waals surface area contributed by atoms with Crippen LogP contribution < -0.4 is 0 Å². The Hall–Kier alpha value is -2.22. The lowest BCUT2D eigenvalue weighted by molar-refractivity contribution is 0.667. The number of unbranched alkanes of at least 4 members (excludes halogenated alkanes) is 9. The summed E-state index contributed by atoms with van der Waals surface area (Å²) in [4.78, 5) is 6.98. The van der Waals surface area contributed by atoms with Crippen molar-refractivity contribution in [2.75, 3.05) is 0 Å². The molecule has 0 aliphatic heterocycles. The van der Waals surface area contributed by atoms with Gasteiger partial charge in [-0.2, -0.15) is 10.5 Å². The van der Waals surface area contributed by atoms with Crippen molar-refractivity contribution in [2.45, 2.75) is 117 Å². The van der Waals surface area contributed by atoms with E-state index in [0.717, 1.165) is 33.9 Å². The SMILES string of the molecule is CCCCCCc1csc(-c2sc(-c3sc(-c4sccc4CCCCCC)c(C#N)c3C#N)cc2CCCCCC)c1. The Morgan fingerprint density at radius 1 is 0.571 bits per heavy atom. The van der Waals surface area contributed by atoms with E-state index in [2.05, 4.69) is 61.9 Å². The second-order valence-corrected chi connectivity index (χ2v) is 15.1. The van der Waals surface area contributed by atoms with Crippen LogP contribution in [0.4, 0.5) is 0 Å². The van der Waals surface area contributed by atoms with Crippen LogP contribution in [0.15, 0.2) is 29.0 Å². The fourth-order valence-electron chi connectivity index (χ4n) is 5.51. The van der Waals surface area contributed by atoms with Gasteiger partial charge in [-0.1, -0.05) is 78.6 Å². The van der Waals surface area contributed by atoms with Crippen molar-refractivity contribution in [3.63, 3.8) is 0 Å². The molecule has 0 saturated carbocycles. The van der Waals surface area contributed by atoms with E-state index in [-0.39, 0.29) is 0 Å².